The number of hydrogen-bond donors (Lipinski definition) is 0. The Morgan fingerprint density at radius 1 is 1.29 bits per heavy atom. The quantitative estimate of drug-likeness (QED) is 0.673. The minimum atomic E-state index is -0.145. The lowest BCUT2D eigenvalue weighted by molar-refractivity contribution is 0.0708. The number of oxazole rings is 1. The molecular formula is C22H23N3O3. The molecular weight excluding hydrogens is 354 g/mol. The van der Waals surface area contributed by atoms with Crippen LogP contribution in [0.15, 0.2) is 53.1 Å². The van der Waals surface area contributed by atoms with Crippen LogP contribution in [0.5, 0.6) is 5.75 Å². The van der Waals surface area contributed by atoms with Crippen molar-refractivity contribution in [3.63, 3.8) is 0 Å². The Bertz CT molecular complexity index is 982. The van der Waals surface area contributed by atoms with E-state index in [9.17, 15) is 4.79 Å². The van der Waals surface area contributed by atoms with Crippen LogP contribution in [0.4, 0.5) is 0 Å². The van der Waals surface area contributed by atoms with Crippen molar-refractivity contribution < 1.29 is 13.9 Å². The normalized spacial score (nSPS) is 16.4. The van der Waals surface area contributed by atoms with Gasteiger partial charge in [0.25, 0.3) is 5.91 Å². The van der Waals surface area contributed by atoms with Gasteiger partial charge in [0.1, 0.15) is 23.2 Å². The average molecular weight is 377 g/mol. The van der Waals surface area contributed by atoms with Crippen molar-refractivity contribution in [1.29, 1.82) is 0 Å². The van der Waals surface area contributed by atoms with Crippen LogP contribution in [-0.2, 0) is 6.42 Å². The highest BCUT2D eigenvalue weighted by molar-refractivity contribution is 5.92. The van der Waals surface area contributed by atoms with Gasteiger partial charge in [0, 0.05) is 18.7 Å². The third kappa shape index (κ3) is 3.76. The lowest BCUT2D eigenvalue weighted by Crippen LogP contribution is -2.31. The van der Waals surface area contributed by atoms with Crippen LogP contribution in [0.25, 0.3) is 0 Å². The fourth-order valence-corrected chi connectivity index (χ4v) is 3.62. The summed E-state index contributed by atoms with van der Waals surface area (Å²) in [5.41, 5.74) is 2.39. The Morgan fingerprint density at radius 2 is 2.14 bits per heavy atom. The van der Waals surface area contributed by atoms with Crippen molar-refractivity contribution >= 4 is 5.91 Å². The summed E-state index contributed by atoms with van der Waals surface area (Å²) in [5.74, 6) is 2.11. The van der Waals surface area contributed by atoms with Crippen LogP contribution in [0.1, 0.15) is 52.3 Å². The molecule has 1 atom stereocenters. The average Bonchev–Trinajstić information content (AvgIpc) is 3.37. The van der Waals surface area contributed by atoms with E-state index in [2.05, 4.69) is 9.97 Å². The van der Waals surface area contributed by atoms with Crippen LogP contribution in [0.3, 0.4) is 0 Å². The van der Waals surface area contributed by atoms with E-state index in [1.165, 1.54) is 0 Å². The zero-order valence-electron chi connectivity index (χ0n) is 16.1. The Labute approximate surface area is 164 Å². The summed E-state index contributed by atoms with van der Waals surface area (Å²) < 4.78 is 11.3. The maximum Gasteiger partial charge on any atom is 0.273 e. The monoisotopic (exact) mass is 377 g/mol. The van der Waals surface area contributed by atoms with Crippen LogP contribution in [-0.4, -0.2) is 34.4 Å². The molecule has 0 aliphatic carbocycles. The highest BCUT2D eigenvalue weighted by Gasteiger charge is 2.34. The Hall–Kier alpha value is -3.15. The second-order valence-electron chi connectivity index (χ2n) is 7.01. The molecule has 3 heterocycles. The molecule has 0 spiro atoms. The molecule has 1 amide bonds. The maximum atomic E-state index is 12.9. The number of aromatic nitrogens is 2. The molecule has 1 saturated heterocycles. The number of benzene rings is 1. The molecule has 2 aromatic heterocycles. The number of methoxy groups -OCH3 is 1. The number of amides is 1. The highest BCUT2D eigenvalue weighted by atomic mass is 16.5. The molecule has 0 unspecified atom stereocenters. The van der Waals surface area contributed by atoms with Crippen LogP contribution in [0, 0.1) is 6.92 Å². The lowest BCUT2D eigenvalue weighted by atomic mass is 10.1. The standard InChI is InChI=1S/C22H23N3O3/c1-15-6-3-9-19(24-15)22(26)25-11-5-10-20(25)21-23-14-18(28-21)13-16-7-4-8-17(12-16)27-2/h3-4,6-9,12,14,20H,5,10-11,13H2,1-2H3/t20-/m0/s1. The van der Waals surface area contributed by atoms with Crippen molar-refractivity contribution in [2.24, 2.45) is 0 Å². The number of nitrogens with zero attached hydrogens (tertiary/aromatic N) is 3. The van der Waals surface area contributed by atoms with Crippen molar-refractivity contribution in [3.05, 3.63) is 77.3 Å². The molecule has 1 aliphatic heterocycles. The van der Waals surface area contributed by atoms with Gasteiger partial charge in [-0.15, -0.1) is 0 Å². The molecule has 0 saturated carbocycles. The Balaban J connectivity index is 1.51. The van der Waals surface area contributed by atoms with E-state index in [1.54, 1.807) is 19.4 Å². The van der Waals surface area contributed by atoms with Crippen molar-refractivity contribution in [2.75, 3.05) is 13.7 Å². The molecule has 1 aromatic carbocycles. The predicted octanol–water partition coefficient (Wildman–Crippen LogP) is 3.95. The SMILES string of the molecule is COc1cccc(Cc2cnc([C@@H]3CCCN3C(=O)c3cccc(C)n3)o2)c1. The second kappa shape index (κ2) is 7.84. The molecule has 4 rings (SSSR count). The molecule has 0 radical (unpaired) electrons. The molecule has 0 bridgehead atoms. The first-order chi connectivity index (χ1) is 13.6. The minimum absolute atomic E-state index is 0.0706. The van der Waals surface area contributed by atoms with E-state index in [-0.39, 0.29) is 11.9 Å². The fraction of sp³-hybridized carbons (Fsp3) is 0.318. The summed E-state index contributed by atoms with van der Waals surface area (Å²) in [7, 11) is 1.65. The summed E-state index contributed by atoms with van der Waals surface area (Å²) >= 11 is 0. The summed E-state index contributed by atoms with van der Waals surface area (Å²) in [6.07, 6.45) is 4.15. The van der Waals surface area contributed by atoms with Crippen molar-refractivity contribution in [1.82, 2.24) is 14.9 Å². The first-order valence-corrected chi connectivity index (χ1v) is 9.46. The molecule has 144 valence electrons. The summed E-state index contributed by atoms with van der Waals surface area (Å²) in [6.45, 7) is 2.57. The number of carbonyl (C=O) groups is 1. The Morgan fingerprint density at radius 3 is 2.96 bits per heavy atom. The molecule has 1 aliphatic rings. The topological polar surface area (TPSA) is 68.5 Å². The smallest absolute Gasteiger partial charge is 0.273 e. The van der Waals surface area contributed by atoms with E-state index in [1.807, 2.05) is 48.2 Å². The first kappa shape index (κ1) is 18.2. The van der Waals surface area contributed by atoms with Gasteiger partial charge in [-0.05, 0) is 49.6 Å². The number of hydrogen-bond acceptors (Lipinski definition) is 5. The van der Waals surface area contributed by atoms with Gasteiger partial charge in [0.2, 0.25) is 5.89 Å². The number of likely N-dealkylation sites (tertiary alicyclic amines) is 1. The van der Waals surface area contributed by atoms with E-state index in [4.69, 9.17) is 9.15 Å². The zero-order chi connectivity index (χ0) is 19.5. The highest BCUT2D eigenvalue weighted by Crippen LogP contribution is 2.33. The van der Waals surface area contributed by atoms with Gasteiger partial charge in [-0.2, -0.15) is 0 Å². The van der Waals surface area contributed by atoms with Gasteiger partial charge in [0.15, 0.2) is 0 Å². The molecule has 6 heteroatoms. The van der Waals surface area contributed by atoms with Gasteiger partial charge in [-0.25, -0.2) is 9.97 Å². The van der Waals surface area contributed by atoms with Gasteiger partial charge < -0.3 is 14.1 Å². The summed E-state index contributed by atoms with van der Waals surface area (Å²) in [5, 5.41) is 0. The number of rotatable bonds is 5. The minimum Gasteiger partial charge on any atom is -0.497 e. The fourth-order valence-electron chi connectivity index (χ4n) is 3.62. The van der Waals surface area contributed by atoms with E-state index >= 15 is 0 Å². The van der Waals surface area contributed by atoms with Crippen LogP contribution in [0.2, 0.25) is 0 Å². The van der Waals surface area contributed by atoms with Gasteiger partial charge in [-0.3, -0.25) is 4.79 Å². The first-order valence-electron chi connectivity index (χ1n) is 9.46. The third-order valence-corrected chi connectivity index (χ3v) is 4.99. The number of ether oxygens (including phenoxy) is 1. The number of carbonyl (C=O) groups excluding carboxylic acids is 1. The molecule has 28 heavy (non-hydrogen) atoms. The van der Waals surface area contributed by atoms with E-state index < -0.39 is 0 Å². The second-order valence-corrected chi connectivity index (χ2v) is 7.01. The third-order valence-electron chi connectivity index (χ3n) is 4.99. The number of aryl methyl sites for hydroxylation is 1. The van der Waals surface area contributed by atoms with E-state index in [0.717, 1.165) is 35.6 Å². The largest absolute Gasteiger partial charge is 0.497 e. The summed E-state index contributed by atoms with van der Waals surface area (Å²) in [4.78, 5) is 23.6. The predicted molar refractivity (Wildman–Crippen MR) is 104 cm³/mol. The van der Waals surface area contributed by atoms with Crippen molar-refractivity contribution in [3.8, 4) is 5.75 Å². The molecule has 6 nitrogen and oxygen atoms in total. The molecule has 3 aromatic rings. The lowest BCUT2D eigenvalue weighted by Gasteiger charge is -2.22. The van der Waals surface area contributed by atoms with Gasteiger partial charge in [0.05, 0.1) is 13.3 Å². The molecule has 1 fully saturated rings. The number of pyridine rings is 1. The van der Waals surface area contributed by atoms with Gasteiger partial charge in [-0.1, -0.05) is 18.2 Å². The zero-order valence-corrected chi connectivity index (χ0v) is 16.1. The van der Waals surface area contributed by atoms with Crippen LogP contribution >= 0.6 is 0 Å². The molecule has 0 N–H and O–H groups in total. The summed E-state index contributed by atoms with van der Waals surface area (Å²) in [6, 6.07) is 13.2. The van der Waals surface area contributed by atoms with E-state index in [0.29, 0.717) is 24.6 Å². The Kier molecular flexibility index (Phi) is 5.10. The van der Waals surface area contributed by atoms with Crippen molar-refractivity contribution in [2.45, 2.75) is 32.2 Å². The van der Waals surface area contributed by atoms with Gasteiger partial charge >= 0.3 is 0 Å². The maximum absolute atomic E-state index is 12.9. The van der Waals surface area contributed by atoms with Crippen LogP contribution < -0.4 is 4.74 Å².